The van der Waals surface area contributed by atoms with Gasteiger partial charge in [-0.3, -0.25) is 9.88 Å². The zero-order chi connectivity index (χ0) is 18.5. The van der Waals surface area contributed by atoms with E-state index in [9.17, 15) is 5.26 Å². The number of likely N-dealkylation sites (tertiary alicyclic amines) is 1. The van der Waals surface area contributed by atoms with E-state index in [2.05, 4.69) is 57.7 Å². The Labute approximate surface area is 162 Å². The Morgan fingerprint density at radius 1 is 1.15 bits per heavy atom. The predicted octanol–water partition coefficient (Wildman–Crippen LogP) is 3.72. The summed E-state index contributed by atoms with van der Waals surface area (Å²) in [5.41, 5.74) is 2.84. The molecule has 1 aliphatic heterocycles. The lowest BCUT2D eigenvalue weighted by atomic mass is 9.75. The highest BCUT2D eigenvalue weighted by Crippen LogP contribution is 2.42. The molecule has 1 aromatic heterocycles. The van der Waals surface area contributed by atoms with E-state index in [4.69, 9.17) is 0 Å². The SMILES string of the molecule is N#CCC1(CN[C@@H]2C[C@H]2c2ccccc2)CCN(Cc2cccnc2)CC1. The van der Waals surface area contributed by atoms with Crippen molar-refractivity contribution >= 4 is 0 Å². The van der Waals surface area contributed by atoms with Gasteiger partial charge < -0.3 is 5.32 Å². The van der Waals surface area contributed by atoms with Gasteiger partial charge in [0.05, 0.1) is 6.07 Å². The number of benzene rings is 1. The Kier molecular flexibility index (Phi) is 5.52. The Morgan fingerprint density at radius 2 is 1.96 bits per heavy atom. The monoisotopic (exact) mass is 360 g/mol. The van der Waals surface area contributed by atoms with Crippen molar-refractivity contribution in [1.82, 2.24) is 15.2 Å². The summed E-state index contributed by atoms with van der Waals surface area (Å²) >= 11 is 0. The average Bonchev–Trinajstić information content (AvgIpc) is 3.50. The van der Waals surface area contributed by atoms with Crippen molar-refractivity contribution in [3.8, 4) is 6.07 Å². The maximum atomic E-state index is 9.40. The number of hydrogen-bond donors (Lipinski definition) is 1. The molecule has 0 spiro atoms. The van der Waals surface area contributed by atoms with E-state index in [1.807, 2.05) is 18.5 Å². The lowest BCUT2D eigenvalue weighted by Crippen LogP contribution is -2.45. The van der Waals surface area contributed by atoms with Crippen LogP contribution in [0.4, 0.5) is 0 Å². The minimum atomic E-state index is 0.129. The zero-order valence-corrected chi connectivity index (χ0v) is 15.8. The predicted molar refractivity (Wildman–Crippen MR) is 107 cm³/mol. The van der Waals surface area contributed by atoms with Gasteiger partial charge in [0.2, 0.25) is 0 Å². The Hall–Kier alpha value is -2.22. The molecule has 0 radical (unpaired) electrons. The van der Waals surface area contributed by atoms with E-state index in [1.54, 1.807) is 0 Å². The Balaban J connectivity index is 1.29. The topological polar surface area (TPSA) is 52.0 Å². The van der Waals surface area contributed by atoms with Crippen molar-refractivity contribution in [2.45, 2.75) is 44.2 Å². The van der Waals surface area contributed by atoms with Gasteiger partial charge in [-0.05, 0) is 55.0 Å². The highest BCUT2D eigenvalue weighted by Gasteiger charge is 2.41. The fraction of sp³-hybridized carbons (Fsp3) is 0.478. The molecule has 1 aliphatic carbocycles. The van der Waals surface area contributed by atoms with Crippen molar-refractivity contribution in [2.75, 3.05) is 19.6 Å². The molecular weight excluding hydrogens is 332 g/mol. The number of rotatable bonds is 7. The lowest BCUT2D eigenvalue weighted by molar-refractivity contribution is 0.0996. The minimum Gasteiger partial charge on any atom is -0.313 e. The molecular formula is C23H28N4. The third-order valence-corrected chi connectivity index (χ3v) is 6.26. The highest BCUT2D eigenvalue weighted by atomic mass is 15.1. The van der Waals surface area contributed by atoms with Crippen LogP contribution in [0, 0.1) is 16.7 Å². The van der Waals surface area contributed by atoms with Crippen molar-refractivity contribution < 1.29 is 0 Å². The van der Waals surface area contributed by atoms with Gasteiger partial charge in [-0.1, -0.05) is 36.4 Å². The second-order valence-corrected chi connectivity index (χ2v) is 8.21. The van der Waals surface area contributed by atoms with Crippen LogP contribution in [0.15, 0.2) is 54.9 Å². The first-order valence-electron chi connectivity index (χ1n) is 10.0. The van der Waals surface area contributed by atoms with E-state index < -0.39 is 0 Å². The van der Waals surface area contributed by atoms with Crippen LogP contribution in [-0.4, -0.2) is 35.6 Å². The van der Waals surface area contributed by atoms with Crippen LogP contribution < -0.4 is 5.32 Å². The molecule has 2 fully saturated rings. The first-order valence-corrected chi connectivity index (χ1v) is 10.0. The second kappa shape index (κ2) is 8.21. The van der Waals surface area contributed by atoms with Crippen LogP contribution >= 0.6 is 0 Å². The normalized spacial score (nSPS) is 24.3. The highest BCUT2D eigenvalue weighted by molar-refractivity contribution is 5.27. The fourth-order valence-electron chi connectivity index (χ4n) is 4.36. The molecule has 1 N–H and O–H groups in total. The maximum Gasteiger partial charge on any atom is 0.0628 e. The van der Waals surface area contributed by atoms with Crippen molar-refractivity contribution in [3.05, 3.63) is 66.0 Å². The molecule has 2 heterocycles. The number of pyridine rings is 1. The molecule has 2 atom stereocenters. The van der Waals surface area contributed by atoms with E-state index >= 15 is 0 Å². The second-order valence-electron chi connectivity index (χ2n) is 8.21. The van der Waals surface area contributed by atoms with Crippen molar-refractivity contribution in [2.24, 2.45) is 5.41 Å². The van der Waals surface area contributed by atoms with Crippen LogP contribution in [-0.2, 0) is 6.54 Å². The lowest BCUT2D eigenvalue weighted by Gasteiger charge is -2.41. The number of piperidine rings is 1. The number of hydrogen-bond acceptors (Lipinski definition) is 4. The molecule has 1 saturated carbocycles. The third-order valence-electron chi connectivity index (χ3n) is 6.26. The molecule has 2 aliphatic rings. The number of aromatic nitrogens is 1. The van der Waals surface area contributed by atoms with Crippen LogP contribution in [0.1, 0.15) is 42.7 Å². The number of nitriles is 1. The minimum absolute atomic E-state index is 0.129. The van der Waals surface area contributed by atoms with E-state index in [-0.39, 0.29) is 5.41 Å². The molecule has 4 nitrogen and oxygen atoms in total. The van der Waals surface area contributed by atoms with Gasteiger partial charge in [0.1, 0.15) is 0 Å². The van der Waals surface area contributed by atoms with Crippen LogP contribution in [0.5, 0.6) is 0 Å². The van der Waals surface area contributed by atoms with Crippen LogP contribution in [0.3, 0.4) is 0 Å². The van der Waals surface area contributed by atoms with Crippen molar-refractivity contribution in [3.63, 3.8) is 0 Å². The van der Waals surface area contributed by atoms with E-state index in [0.717, 1.165) is 39.0 Å². The summed E-state index contributed by atoms with van der Waals surface area (Å²) in [6.07, 6.45) is 7.84. The third kappa shape index (κ3) is 4.55. The summed E-state index contributed by atoms with van der Waals surface area (Å²) in [5, 5.41) is 13.2. The molecule has 0 amide bonds. The summed E-state index contributed by atoms with van der Waals surface area (Å²) in [5.74, 6) is 0.649. The van der Waals surface area contributed by atoms with E-state index in [1.165, 1.54) is 17.5 Å². The molecule has 4 rings (SSSR count). The van der Waals surface area contributed by atoms with Gasteiger partial charge in [-0.2, -0.15) is 5.26 Å². The first-order chi connectivity index (χ1) is 13.3. The van der Waals surface area contributed by atoms with E-state index in [0.29, 0.717) is 18.4 Å². The first kappa shape index (κ1) is 18.2. The molecule has 4 heteroatoms. The van der Waals surface area contributed by atoms with Gasteiger partial charge in [-0.25, -0.2) is 0 Å². The summed E-state index contributed by atoms with van der Waals surface area (Å²) in [7, 11) is 0. The summed E-state index contributed by atoms with van der Waals surface area (Å²) in [6, 6.07) is 18.0. The number of nitrogens with zero attached hydrogens (tertiary/aromatic N) is 3. The molecule has 1 aromatic carbocycles. The molecule has 140 valence electrons. The molecule has 2 aromatic rings. The van der Waals surface area contributed by atoms with Gasteiger partial charge in [0.15, 0.2) is 0 Å². The molecule has 0 unspecified atom stereocenters. The average molecular weight is 361 g/mol. The molecule has 0 bridgehead atoms. The Bertz CT molecular complexity index is 760. The maximum absolute atomic E-state index is 9.40. The number of nitrogens with one attached hydrogen (secondary N) is 1. The zero-order valence-electron chi connectivity index (χ0n) is 15.8. The summed E-state index contributed by atoms with van der Waals surface area (Å²) in [6.45, 7) is 4.05. The summed E-state index contributed by atoms with van der Waals surface area (Å²) < 4.78 is 0. The standard InChI is InChI=1S/C23H28N4/c24-11-8-23(18-26-22-15-21(22)20-6-2-1-3-7-20)9-13-27(14-10-23)17-19-5-4-12-25-16-19/h1-7,12,16,21-22,26H,8-10,13-15,17-18H2/t21-,22+/m0/s1. The molecule has 27 heavy (non-hydrogen) atoms. The molecule has 1 saturated heterocycles. The van der Waals surface area contributed by atoms with Crippen LogP contribution in [0.2, 0.25) is 0 Å². The smallest absolute Gasteiger partial charge is 0.0628 e. The Morgan fingerprint density at radius 3 is 2.67 bits per heavy atom. The largest absolute Gasteiger partial charge is 0.313 e. The van der Waals surface area contributed by atoms with Gasteiger partial charge in [0, 0.05) is 43.9 Å². The van der Waals surface area contributed by atoms with Crippen LogP contribution in [0.25, 0.3) is 0 Å². The quantitative estimate of drug-likeness (QED) is 0.817. The van der Waals surface area contributed by atoms with Gasteiger partial charge >= 0.3 is 0 Å². The van der Waals surface area contributed by atoms with Gasteiger partial charge in [-0.15, -0.1) is 0 Å². The summed E-state index contributed by atoms with van der Waals surface area (Å²) in [4.78, 5) is 6.71. The van der Waals surface area contributed by atoms with Crippen molar-refractivity contribution in [1.29, 1.82) is 5.26 Å². The fourth-order valence-corrected chi connectivity index (χ4v) is 4.36. The van der Waals surface area contributed by atoms with Gasteiger partial charge in [0.25, 0.3) is 0 Å².